The smallest absolute Gasteiger partial charge is 0.332 e. The van der Waals surface area contributed by atoms with Gasteiger partial charge in [-0.3, -0.25) is 5.32 Å². The Morgan fingerprint density at radius 1 is 1.11 bits per heavy atom. The van der Waals surface area contributed by atoms with E-state index in [-0.39, 0.29) is 16.7 Å². The van der Waals surface area contributed by atoms with Gasteiger partial charge in [0.15, 0.2) is 5.11 Å². The first-order valence-corrected chi connectivity index (χ1v) is 8.96. The van der Waals surface area contributed by atoms with Crippen molar-refractivity contribution in [3.63, 3.8) is 0 Å². The van der Waals surface area contributed by atoms with Crippen LogP contribution in [0.3, 0.4) is 0 Å². The van der Waals surface area contributed by atoms with Crippen molar-refractivity contribution in [3.8, 4) is 0 Å². The highest BCUT2D eigenvalue weighted by atomic mass is 35.5. The van der Waals surface area contributed by atoms with Crippen molar-refractivity contribution in [3.05, 3.63) is 70.0 Å². The molecule has 28 heavy (non-hydrogen) atoms. The number of halogens is 5. The van der Waals surface area contributed by atoms with Gasteiger partial charge in [-0.25, -0.2) is 9.67 Å². The van der Waals surface area contributed by atoms with Crippen LogP contribution in [0, 0.1) is 0 Å². The Labute approximate surface area is 173 Å². The van der Waals surface area contributed by atoms with Crippen molar-refractivity contribution in [2.24, 2.45) is 0 Å². The van der Waals surface area contributed by atoms with Gasteiger partial charge in [-0.15, -0.1) is 5.10 Å². The van der Waals surface area contributed by atoms with Crippen LogP contribution in [0.5, 0.6) is 0 Å². The lowest BCUT2D eigenvalue weighted by molar-refractivity contribution is -0.137. The topological polar surface area (TPSA) is 54.8 Å². The molecule has 1 heterocycles. The fourth-order valence-electron chi connectivity index (χ4n) is 2.29. The minimum Gasteiger partial charge on any atom is -0.332 e. The summed E-state index contributed by atoms with van der Waals surface area (Å²) < 4.78 is 39.8. The van der Waals surface area contributed by atoms with Gasteiger partial charge in [0.2, 0.25) is 5.95 Å². The van der Waals surface area contributed by atoms with Gasteiger partial charge >= 0.3 is 6.18 Å². The largest absolute Gasteiger partial charge is 0.416 e. The van der Waals surface area contributed by atoms with Gasteiger partial charge in [-0.05, 0) is 48.1 Å². The second kappa shape index (κ2) is 8.34. The molecule has 0 spiro atoms. The molecule has 0 aliphatic heterocycles. The third kappa shape index (κ3) is 5.34. The number of aromatic nitrogens is 3. The first-order valence-electron chi connectivity index (χ1n) is 7.79. The van der Waals surface area contributed by atoms with E-state index in [2.05, 4.69) is 20.7 Å². The molecule has 0 amide bonds. The summed E-state index contributed by atoms with van der Waals surface area (Å²) in [5.74, 6) is 0.189. The first-order chi connectivity index (χ1) is 13.2. The van der Waals surface area contributed by atoms with E-state index in [1.54, 1.807) is 18.2 Å². The zero-order valence-electron chi connectivity index (χ0n) is 14.0. The van der Waals surface area contributed by atoms with Crippen LogP contribution in [-0.2, 0) is 12.7 Å². The fourth-order valence-corrected chi connectivity index (χ4v) is 2.97. The van der Waals surface area contributed by atoms with Crippen molar-refractivity contribution in [1.29, 1.82) is 0 Å². The van der Waals surface area contributed by atoms with E-state index in [0.29, 0.717) is 16.6 Å². The molecule has 0 atom stereocenters. The molecular weight excluding hydrogens is 434 g/mol. The maximum atomic E-state index is 12.8. The zero-order chi connectivity index (χ0) is 20.3. The summed E-state index contributed by atoms with van der Waals surface area (Å²) >= 11 is 17.1. The number of alkyl halides is 3. The number of nitrogens with zero attached hydrogens (tertiary/aromatic N) is 3. The number of benzene rings is 2. The van der Waals surface area contributed by atoms with Crippen molar-refractivity contribution in [2.45, 2.75) is 12.7 Å². The molecule has 0 saturated carbocycles. The monoisotopic (exact) mass is 445 g/mol. The van der Waals surface area contributed by atoms with Crippen LogP contribution >= 0.6 is 35.4 Å². The number of thiocarbonyl (C=S) groups is 1. The summed E-state index contributed by atoms with van der Waals surface area (Å²) in [7, 11) is 0. The molecule has 11 heteroatoms. The van der Waals surface area contributed by atoms with E-state index in [9.17, 15) is 13.2 Å². The van der Waals surface area contributed by atoms with E-state index >= 15 is 0 Å². The predicted octanol–water partition coefficient (Wildman–Crippen LogP) is 5.46. The molecule has 3 aromatic rings. The maximum absolute atomic E-state index is 12.8. The van der Waals surface area contributed by atoms with Crippen LogP contribution in [-0.4, -0.2) is 19.9 Å². The average Bonchev–Trinajstić information content (AvgIpc) is 3.03. The van der Waals surface area contributed by atoms with E-state index in [0.717, 1.165) is 17.7 Å². The van der Waals surface area contributed by atoms with E-state index in [1.807, 2.05) is 0 Å². The minimum atomic E-state index is -4.43. The van der Waals surface area contributed by atoms with Crippen molar-refractivity contribution in [1.82, 2.24) is 14.8 Å². The SMILES string of the molecule is FC(F)(F)c1cccc(NC(=S)Nc2ncn(Cc3ccc(Cl)cc3Cl)n2)c1. The molecule has 5 nitrogen and oxygen atoms in total. The highest BCUT2D eigenvalue weighted by Gasteiger charge is 2.30. The van der Waals surface area contributed by atoms with Gasteiger partial charge in [0.25, 0.3) is 0 Å². The summed E-state index contributed by atoms with van der Waals surface area (Å²) in [5.41, 5.74) is 0.217. The summed E-state index contributed by atoms with van der Waals surface area (Å²) in [6.07, 6.45) is -2.96. The second-order valence-electron chi connectivity index (χ2n) is 5.66. The predicted molar refractivity (Wildman–Crippen MR) is 107 cm³/mol. The first kappa shape index (κ1) is 20.4. The Balaban J connectivity index is 1.62. The molecule has 1 aromatic heterocycles. The molecule has 0 aliphatic rings. The third-order valence-electron chi connectivity index (χ3n) is 3.56. The van der Waals surface area contributed by atoms with Crippen LogP contribution in [0.2, 0.25) is 10.0 Å². The molecule has 2 aromatic carbocycles. The Kier molecular flexibility index (Phi) is 6.07. The Morgan fingerprint density at radius 3 is 2.61 bits per heavy atom. The molecular formula is C17H12Cl2F3N5S. The summed E-state index contributed by atoms with van der Waals surface area (Å²) in [6, 6.07) is 9.82. The molecule has 0 unspecified atom stereocenters. The summed E-state index contributed by atoms with van der Waals surface area (Å²) in [6.45, 7) is 0.360. The molecule has 0 fully saturated rings. The molecule has 0 radical (unpaired) electrons. The van der Waals surface area contributed by atoms with E-state index in [4.69, 9.17) is 35.4 Å². The summed E-state index contributed by atoms with van der Waals surface area (Å²) in [4.78, 5) is 4.06. The number of hydrogen-bond donors (Lipinski definition) is 2. The highest BCUT2D eigenvalue weighted by Crippen LogP contribution is 2.30. The molecule has 146 valence electrons. The summed E-state index contributed by atoms with van der Waals surface area (Å²) in [5, 5.41) is 10.7. The third-order valence-corrected chi connectivity index (χ3v) is 4.35. The molecule has 0 bridgehead atoms. The Morgan fingerprint density at radius 2 is 1.89 bits per heavy atom. The lowest BCUT2D eigenvalue weighted by Crippen LogP contribution is -2.20. The van der Waals surface area contributed by atoms with Crippen molar-refractivity contribution < 1.29 is 13.2 Å². The highest BCUT2D eigenvalue weighted by molar-refractivity contribution is 7.80. The van der Waals surface area contributed by atoms with Gasteiger partial charge in [0, 0.05) is 15.7 Å². The van der Waals surface area contributed by atoms with Gasteiger partial charge in [-0.2, -0.15) is 13.2 Å². The van der Waals surface area contributed by atoms with Gasteiger partial charge < -0.3 is 5.32 Å². The molecule has 0 aliphatic carbocycles. The average molecular weight is 446 g/mol. The van der Waals surface area contributed by atoms with Gasteiger partial charge in [0.05, 0.1) is 12.1 Å². The van der Waals surface area contributed by atoms with E-state index in [1.165, 1.54) is 23.1 Å². The number of nitrogens with one attached hydrogen (secondary N) is 2. The fraction of sp³-hybridized carbons (Fsp3) is 0.118. The van der Waals surface area contributed by atoms with Crippen molar-refractivity contribution >= 4 is 52.2 Å². The van der Waals surface area contributed by atoms with Crippen LogP contribution in [0.1, 0.15) is 11.1 Å². The lowest BCUT2D eigenvalue weighted by Gasteiger charge is -2.11. The van der Waals surface area contributed by atoms with E-state index < -0.39 is 11.7 Å². The van der Waals surface area contributed by atoms with Crippen LogP contribution < -0.4 is 10.6 Å². The van der Waals surface area contributed by atoms with Gasteiger partial charge in [0.1, 0.15) is 6.33 Å². The molecule has 0 saturated heterocycles. The number of hydrogen-bond acceptors (Lipinski definition) is 3. The van der Waals surface area contributed by atoms with Crippen LogP contribution in [0.25, 0.3) is 0 Å². The standard InChI is InChI=1S/C17H12Cl2F3N5S/c18-12-5-4-10(14(19)7-12)8-27-9-23-15(26-27)25-16(28)24-13-3-1-2-11(6-13)17(20,21)22/h1-7,9H,8H2,(H2,24,25,26,28). The van der Waals surface area contributed by atoms with Gasteiger partial charge in [-0.1, -0.05) is 35.3 Å². The van der Waals surface area contributed by atoms with Crippen LogP contribution in [0.15, 0.2) is 48.8 Å². The quantitative estimate of drug-likeness (QED) is 0.522. The zero-order valence-corrected chi connectivity index (χ0v) is 16.3. The Bertz CT molecular complexity index is 1010. The van der Waals surface area contributed by atoms with Crippen molar-refractivity contribution in [2.75, 3.05) is 10.6 Å². The normalized spacial score (nSPS) is 11.3. The minimum absolute atomic E-state index is 0.0570. The Hall–Kier alpha value is -2.36. The van der Waals surface area contributed by atoms with Crippen LogP contribution in [0.4, 0.5) is 24.8 Å². The lowest BCUT2D eigenvalue weighted by atomic mass is 10.2. The molecule has 3 rings (SSSR count). The molecule has 2 N–H and O–H groups in total. The maximum Gasteiger partial charge on any atom is 0.416 e. The number of rotatable bonds is 4. The second-order valence-corrected chi connectivity index (χ2v) is 6.91. The number of anilines is 2.